The van der Waals surface area contributed by atoms with E-state index in [1.54, 1.807) is 48.5 Å². The highest BCUT2D eigenvalue weighted by Crippen LogP contribution is 2.37. The zero-order chi connectivity index (χ0) is 24.5. The summed E-state index contributed by atoms with van der Waals surface area (Å²) in [6.07, 6.45) is 0. The first-order valence-corrected chi connectivity index (χ1v) is 10.9. The van der Waals surface area contributed by atoms with Gasteiger partial charge in [-0.05, 0) is 53.4 Å². The summed E-state index contributed by atoms with van der Waals surface area (Å²) in [5.41, 5.74) is 3.59. The molecule has 6 heteroatoms. The molecule has 0 spiro atoms. The Morgan fingerprint density at radius 2 is 1.53 bits per heavy atom. The van der Waals surface area contributed by atoms with E-state index < -0.39 is 11.8 Å². The van der Waals surface area contributed by atoms with Crippen LogP contribution in [0.1, 0.15) is 37.5 Å². The lowest BCUT2D eigenvalue weighted by Crippen LogP contribution is -2.32. The lowest BCUT2D eigenvalue weighted by Gasteiger charge is -2.19. The number of nitriles is 1. The molecule has 0 unspecified atom stereocenters. The Bertz CT molecular complexity index is 1330. The minimum atomic E-state index is -0.476. The number of amides is 2. The summed E-state index contributed by atoms with van der Waals surface area (Å²) in [5, 5.41) is 12.3. The summed E-state index contributed by atoms with van der Waals surface area (Å²) in [4.78, 5) is 28.3. The number of hydrogen-bond acceptors (Lipinski definition) is 5. The first kappa shape index (κ1) is 22.8. The Hall–Kier alpha value is -4.37. The van der Waals surface area contributed by atoms with Gasteiger partial charge in [0.1, 0.15) is 11.4 Å². The van der Waals surface area contributed by atoms with Crippen molar-refractivity contribution in [1.29, 1.82) is 5.26 Å². The molecule has 0 aliphatic carbocycles. The quantitative estimate of drug-likeness (QED) is 0.535. The van der Waals surface area contributed by atoms with E-state index in [0.717, 1.165) is 10.5 Å². The van der Waals surface area contributed by atoms with Gasteiger partial charge in [-0.2, -0.15) is 5.26 Å². The summed E-state index contributed by atoms with van der Waals surface area (Å²) >= 11 is 0. The second-order valence-electron chi connectivity index (χ2n) is 9.01. The molecule has 0 saturated heterocycles. The molecule has 3 aromatic rings. The molecule has 3 aromatic carbocycles. The van der Waals surface area contributed by atoms with E-state index in [9.17, 15) is 9.59 Å². The van der Waals surface area contributed by atoms with E-state index in [-0.39, 0.29) is 16.7 Å². The Kier molecular flexibility index (Phi) is 5.95. The van der Waals surface area contributed by atoms with Gasteiger partial charge in [-0.15, -0.1) is 0 Å². The highest BCUT2D eigenvalue weighted by atomic mass is 16.5. The van der Waals surface area contributed by atoms with Crippen molar-refractivity contribution in [3.8, 4) is 11.8 Å². The molecule has 34 heavy (non-hydrogen) atoms. The molecule has 1 aliphatic heterocycles. The fourth-order valence-corrected chi connectivity index (χ4v) is 3.86. The lowest BCUT2D eigenvalue weighted by molar-refractivity contribution is -0.120. The van der Waals surface area contributed by atoms with Crippen LogP contribution in [-0.2, 0) is 15.0 Å². The number of ether oxygens (including phenoxy) is 1. The average molecular weight is 452 g/mol. The molecular weight excluding hydrogens is 426 g/mol. The van der Waals surface area contributed by atoms with E-state index in [0.29, 0.717) is 28.3 Å². The van der Waals surface area contributed by atoms with Crippen molar-refractivity contribution in [3.63, 3.8) is 0 Å². The predicted molar refractivity (Wildman–Crippen MR) is 132 cm³/mol. The third-order valence-corrected chi connectivity index (χ3v) is 5.74. The number of rotatable bonds is 5. The summed E-state index contributed by atoms with van der Waals surface area (Å²) in [6, 6.07) is 23.3. The Morgan fingerprint density at radius 3 is 2.12 bits per heavy atom. The van der Waals surface area contributed by atoms with Gasteiger partial charge in [0.2, 0.25) is 0 Å². The van der Waals surface area contributed by atoms with Crippen LogP contribution in [0, 0.1) is 11.3 Å². The second kappa shape index (κ2) is 8.87. The molecule has 0 aromatic heterocycles. The molecule has 1 heterocycles. The highest BCUT2D eigenvalue weighted by molar-refractivity contribution is 6.46. The normalized spacial score (nSPS) is 13.8. The van der Waals surface area contributed by atoms with Crippen LogP contribution >= 0.6 is 0 Å². The van der Waals surface area contributed by atoms with E-state index in [1.165, 1.54) is 7.11 Å². The zero-order valence-corrected chi connectivity index (χ0v) is 19.5. The maximum Gasteiger partial charge on any atom is 0.282 e. The van der Waals surface area contributed by atoms with Crippen molar-refractivity contribution in [1.82, 2.24) is 0 Å². The molecule has 0 saturated carbocycles. The predicted octanol–water partition coefficient (Wildman–Crippen LogP) is 5.26. The minimum absolute atomic E-state index is 0.00804. The number of carbonyl (C=O) groups excluding carboxylic acids is 2. The molecule has 2 amide bonds. The Morgan fingerprint density at radius 1 is 0.882 bits per heavy atom. The Labute approximate surface area is 199 Å². The molecule has 1 N–H and O–H groups in total. The van der Waals surface area contributed by atoms with Crippen molar-refractivity contribution in [2.24, 2.45) is 0 Å². The second-order valence-corrected chi connectivity index (χ2v) is 9.01. The van der Waals surface area contributed by atoms with Crippen molar-refractivity contribution in [2.75, 3.05) is 17.3 Å². The summed E-state index contributed by atoms with van der Waals surface area (Å²) in [6.45, 7) is 6.39. The number of para-hydroxylation sites is 1. The van der Waals surface area contributed by atoms with E-state index in [1.807, 2.05) is 30.3 Å². The first-order valence-electron chi connectivity index (χ1n) is 10.9. The van der Waals surface area contributed by atoms with Crippen molar-refractivity contribution in [3.05, 3.63) is 95.2 Å². The van der Waals surface area contributed by atoms with Crippen LogP contribution in [0.4, 0.5) is 11.4 Å². The van der Waals surface area contributed by atoms with Crippen molar-refractivity contribution in [2.45, 2.75) is 26.2 Å². The first-order chi connectivity index (χ1) is 16.2. The van der Waals surface area contributed by atoms with Crippen LogP contribution in [0.5, 0.6) is 5.75 Å². The molecule has 6 nitrogen and oxygen atoms in total. The summed E-state index contributed by atoms with van der Waals surface area (Å²) in [5.74, 6) is -0.453. The molecular formula is C28H25N3O3. The molecule has 170 valence electrons. The number of carbonyl (C=O) groups is 2. The molecule has 0 atom stereocenters. The van der Waals surface area contributed by atoms with Gasteiger partial charge in [0, 0.05) is 11.3 Å². The van der Waals surface area contributed by atoms with Crippen LogP contribution in [-0.4, -0.2) is 18.9 Å². The maximum atomic E-state index is 13.6. The van der Waals surface area contributed by atoms with Gasteiger partial charge in [0.05, 0.1) is 30.0 Å². The number of benzene rings is 3. The standard InChI is InChI=1S/C28H25N3O3/c1-28(2,3)19-11-13-20(14-12-19)30-25-24(22-7-5-6-8-23(22)34-4)26(32)31(27(25)33)21-15-9-18(17-29)10-16-21/h5-16,30H,1-4H3. The number of anilines is 2. The van der Waals surface area contributed by atoms with Gasteiger partial charge in [0.25, 0.3) is 11.8 Å². The van der Waals surface area contributed by atoms with Crippen LogP contribution in [0.25, 0.3) is 5.57 Å². The topological polar surface area (TPSA) is 82.4 Å². The van der Waals surface area contributed by atoms with Gasteiger partial charge in [0.15, 0.2) is 0 Å². The van der Waals surface area contributed by atoms with E-state index >= 15 is 0 Å². The van der Waals surface area contributed by atoms with Gasteiger partial charge in [-0.25, -0.2) is 4.90 Å². The monoisotopic (exact) mass is 451 g/mol. The van der Waals surface area contributed by atoms with Gasteiger partial charge in [-0.3, -0.25) is 9.59 Å². The SMILES string of the molecule is COc1ccccc1C1=C(Nc2ccc(C(C)(C)C)cc2)C(=O)N(c2ccc(C#N)cc2)C1=O. The number of methoxy groups -OCH3 is 1. The summed E-state index contributed by atoms with van der Waals surface area (Å²) in [7, 11) is 1.53. The molecule has 4 rings (SSSR count). The average Bonchev–Trinajstić information content (AvgIpc) is 3.07. The van der Waals surface area contributed by atoms with Crippen molar-refractivity contribution < 1.29 is 14.3 Å². The van der Waals surface area contributed by atoms with Crippen LogP contribution in [0.2, 0.25) is 0 Å². The molecule has 0 fully saturated rings. The Balaban J connectivity index is 1.80. The molecule has 1 aliphatic rings. The third-order valence-electron chi connectivity index (χ3n) is 5.74. The van der Waals surface area contributed by atoms with Gasteiger partial charge >= 0.3 is 0 Å². The van der Waals surface area contributed by atoms with Crippen LogP contribution < -0.4 is 15.0 Å². The van der Waals surface area contributed by atoms with E-state index in [4.69, 9.17) is 10.00 Å². The number of hydrogen-bond donors (Lipinski definition) is 1. The number of imide groups is 1. The lowest BCUT2D eigenvalue weighted by atomic mass is 9.87. The fourth-order valence-electron chi connectivity index (χ4n) is 3.86. The minimum Gasteiger partial charge on any atom is -0.496 e. The zero-order valence-electron chi connectivity index (χ0n) is 19.5. The van der Waals surface area contributed by atoms with Crippen LogP contribution in [0.15, 0.2) is 78.5 Å². The smallest absolute Gasteiger partial charge is 0.282 e. The molecule has 0 bridgehead atoms. The number of nitrogens with zero attached hydrogens (tertiary/aromatic N) is 2. The van der Waals surface area contributed by atoms with E-state index in [2.05, 4.69) is 26.1 Å². The largest absolute Gasteiger partial charge is 0.496 e. The van der Waals surface area contributed by atoms with Crippen molar-refractivity contribution >= 4 is 28.8 Å². The van der Waals surface area contributed by atoms with Crippen LogP contribution in [0.3, 0.4) is 0 Å². The molecule has 0 radical (unpaired) electrons. The summed E-state index contributed by atoms with van der Waals surface area (Å²) < 4.78 is 5.48. The highest BCUT2D eigenvalue weighted by Gasteiger charge is 2.41. The third kappa shape index (κ3) is 4.16. The fraction of sp³-hybridized carbons (Fsp3) is 0.179. The number of nitrogens with one attached hydrogen (secondary N) is 1. The maximum absolute atomic E-state index is 13.6. The van der Waals surface area contributed by atoms with Gasteiger partial charge in [-0.1, -0.05) is 51.1 Å². The van der Waals surface area contributed by atoms with Gasteiger partial charge < -0.3 is 10.1 Å².